The van der Waals surface area contributed by atoms with E-state index in [-0.39, 0.29) is 65.0 Å². The van der Waals surface area contributed by atoms with Crippen LogP contribution in [0.3, 0.4) is 0 Å². The predicted octanol–water partition coefficient (Wildman–Crippen LogP) is 9.51. The number of amides is 2. The molecule has 462 valence electrons. The maximum Gasteiger partial charge on any atom is 0.530 e. The van der Waals surface area contributed by atoms with E-state index in [9.17, 15) is 24.0 Å². The Bertz CT molecular complexity index is 4120. The zero-order valence-corrected chi connectivity index (χ0v) is 50.6. The number of phosphoric ester groups is 1. The third kappa shape index (κ3) is 13.4. The summed E-state index contributed by atoms with van der Waals surface area (Å²) < 4.78 is 76.6. The number of fused-ring (bicyclic) bond motifs is 2. The molecule has 2 aliphatic rings. The molecule has 9 aromatic rings. The molecular weight excluding hydrogens is 1190 g/mol. The molecular formula is C62H62ClN10O15P. The van der Waals surface area contributed by atoms with Gasteiger partial charge in [-0.05, 0) is 77.4 Å². The minimum absolute atomic E-state index is 0.0157. The van der Waals surface area contributed by atoms with Crippen molar-refractivity contribution in [3.63, 3.8) is 0 Å². The number of phosphoric acid groups is 1. The number of hydrogen-bond donors (Lipinski definition) is 4. The minimum Gasteiger partial charge on any atom is -0.497 e. The zero-order chi connectivity index (χ0) is 62.6. The van der Waals surface area contributed by atoms with Crippen molar-refractivity contribution in [1.29, 1.82) is 0 Å². The van der Waals surface area contributed by atoms with E-state index in [0.717, 1.165) is 0 Å². The van der Waals surface area contributed by atoms with Crippen molar-refractivity contribution in [2.75, 3.05) is 38.1 Å². The molecule has 0 aliphatic carbocycles. The molecule has 27 heteroatoms. The highest BCUT2D eigenvalue weighted by Gasteiger charge is 2.49. The van der Waals surface area contributed by atoms with Crippen LogP contribution in [0.5, 0.6) is 17.2 Å². The fraction of sp³-hybridized carbons (Fsp3) is 0.306. The Morgan fingerprint density at radius 3 is 1.60 bits per heavy atom. The number of nitrogens with one attached hydrogen (secondary N) is 4. The monoisotopic (exact) mass is 1250 g/mol. The molecule has 0 bridgehead atoms. The van der Waals surface area contributed by atoms with Crippen molar-refractivity contribution in [3.05, 3.63) is 194 Å². The number of halogens is 1. The first-order chi connectivity index (χ1) is 42.9. The molecule has 25 nitrogen and oxygen atoms in total. The van der Waals surface area contributed by atoms with E-state index in [1.165, 1.54) is 46.1 Å². The fourth-order valence-electron chi connectivity index (χ4n) is 10.3. The molecule has 2 aliphatic heterocycles. The summed E-state index contributed by atoms with van der Waals surface area (Å²) in [7, 11) is -1.87. The van der Waals surface area contributed by atoms with E-state index in [4.69, 9.17) is 53.6 Å². The summed E-state index contributed by atoms with van der Waals surface area (Å²) in [5.41, 5.74) is -0.452. The van der Waals surface area contributed by atoms with Gasteiger partial charge in [0, 0.05) is 29.7 Å². The van der Waals surface area contributed by atoms with E-state index >= 15 is 4.57 Å². The van der Waals surface area contributed by atoms with Gasteiger partial charge in [-0.25, -0.2) is 19.3 Å². The van der Waals surface area contributed by atoms with E-state index in [1.54, 1.807) is 72.2 Å². The summed E-state index contributed by atoms with van der Waals surface area (Å²) in [6.45, 7) is 5.83. The largest absolute Gasteiger partial charge is 0.530 e. The number of methoxy groups -OCH3 is 2. The summed E-state index contributed by atoms with van der Waals surface area (Å²) in [6, 6.07) is 38.5. The first-order valence-corrected chi connectivity index (χ1v) is 30.2. The van der Waals surface area contributed by atoms with Gasteiger partial charge in [0.1, 0.15) is 59.7 Å². The van der Waals surface area contributed by atoms with Gasteiger partial charge >= 0.3 is 13.8 Å². The average Bonchev–Trinajstić information content (AvgIpc) is 2.16. The molecule has 2 saturated heterocycles. The first kappa shape index (κ1) is 61.6. The lowest BCUT2D eigenvalue weighted by Crippen LogP contribution is -2.38. The predicted molar refractivity (Wildman–Crippen MR) is 325 cm³/mol. The zero-order valence-electron chi connectivity index (χ0n) is 48.9. The normalized spacial score (nSPS) is 19.1. The number of anilines is 2. The quantitative estimate of drug-likeness (QED) is 0.0263. The molecule has 11 rings (SSSR count). The van der Waals surface area contributed by atoms with Gasteiger partial charge in [-0.3, -0.25) is 58.0 Å². The van der Waals surface area contributed by atoms with Crippen LogP contribution < -0.4 is 35.7 Å². The molecule has 0 spiro atoms. The molecule has 0 radical (unpaired) electrons. The number of aromatic amines is 2. The highest BCUT2D eigenvalue weighted by Crippen LogP contribution is 2.55. The molecule has 5 aromatic carbocycles. The number of nitrogens with zero attached hydrogens (tertiary/aromatic N) is 6. The Labute approximate surface area is 513 Å². The fourth-order valence-corrected chi connectivity index (χ4v) is 11.8. The van der Waals surface area contributed by atoms with Crippen molar-refractivity contribution in [2.24, 2.45) is 11.8 Å². The van der Waals surface area contributed by atoms with Crippen LogP contribution in [0.2, 0.25) is 5.02 Å². The highest BCUT2D eigenvalue weighted by molar-refractivity contribution is 7.49. The number of aromatic nitrogens is 8. The second-order valence-electron chi connectivity index (χ2n) is 21.6. The van der Waals surface area contributed by atoms with Crippen molar-refractivity contribution in [1.82, 2.24) is 39.0 Å². The lowest BCUT2D eigenvalue weighted by atomic mass is 9.80. The number of rotatable bonds is 23. The molecule has 2 amide bonds. The number of H-pyrrole nitrogens is 2. The maximum atomic E-state index is 16.0. The smallest absolute Gasteiger partial charge is 0.497 e. The summed E-state index contributed by atoms with van der Waals surface area (Å²) in [5.74, 6) is -1.49. The lowest BCUT2D eigenvalue weighted by Gasteiger charge is -2.37. The third-order valence-electron chi connectivity index (χ3n) is 15.0. The Kier molecular flexibility index (Phi) is 18.2. The summed E-state index contributed by atoms with van der Waals surface area (Å²) in [5, 5.41) is 5.60. The number of carbonyl (C=O) groups is 3. The van der Waals surface area contributed by atoms with Crippen molar-refractivity contribution >= 4 is 71.4 Å². The van der Waals surface area contributed by atoms with Crippen LogP contribution in [0.4, 0.5) is 11.9 Å². The second-order valence-corrected chi connectivity index (χ2v) is 23.5. The number of ether oxygens (including phenoxy) is 6. The Hall–Kier alpha value is -9.07. The van der Waals surface area contributed by atoms with Gasteiger partial charge in [0.25, 0.3) is 11.1 Å². The van der Waals surface area contributed by atoms with E-state index in [2.05, 4.69) is 40.5 Å². The summed E-state index contributed by atoms with van der Waals surface area (Å²) >= 11 is 6.34. The van der Waals surface area contributed by atoms with Gasteiger partial charge in [0.2, 0.25) is 23.7 Å². The average molecular weight is 1250 g/mol. The first-order valence-electron chi connectivity index (χ1n) is 28.4. The van der Waals surface area contributed by atoms with Gasteiger partial charge in [0.05, 0.1) is 45.7 Å². The van der Waals surface area contributed by atoms with E-state index < -0.39 is 97.6 Å². The minimum atomic E-state index is -5.00. The second kappa shape index (κ2) is 26.3. The number of imidazole rings is 2. The van der Waals surface area contributed by atoms with E-state index in [0.29, 0.717) is 33.2 Å². The molecule has 4 N–H and O–H groups in total. The molecule has 2 fully saturated rings. The van der Waals surface area contributed by atoms with Gasteiger partial charge < -0.3 is 32.9 Å². The molecule has 0 saturated carbocycles. The van der Waals surface area contributed by atoms with Crippen LogP contribution in [0.1, 0.15) is 80.0 Å². The lowest BCUT2D eigenvalue weighted by molar-refractivity contribution is -0.119. The van der Waals surface area contributed by atoms with Crippen molar-refractivity contribution in [2.45, 2.75) is 83.0 Å². The Morgan fingerprint density at radius 2 is 1.10 bits per heavy atom. The van der Waals surface area contributed by atoms with Crippen LogP contribution in [0.15, 0.2) is 156 Å². The van der Waals surface area contributed by atoms with Crippen LogP contribution in [0.25, 0.3) is 22.3 Å². The van der Waals surface area contributed by atoms with E-state index in [1.807, 2.05) is 78.9 Å². The SMILES string of the molecule is COc1ccc(C(OC[C@H]2O[C@@H](n3cnc4c(=O)[nH]c(NC(=O)C(C)C)nc43)C[C@@H]2OP(=O)(OC[C@H]2O[C@@H](n3cnc4c(=O)[nH]c(NC(=O)C(C)C)nc43)C[C@@H]2OC(=O)c2ccccc2)Oc2ccc(Cl)cc2)(c2ccccc2)c2ccc(OC)cc2)cc1. The number of carbonyl (C=O) groups excluding carboxylic acids is 3. The van der Waals surface area contributed by atoms with Gasteiger partial charge in [-0.1, -0.05) is 112 Å². The van der Waals surface area contributed by atoms with Crippen molar-refractivity contribution < 1.29 is 60.9 Å². The molecule has 1 unspecified atom stereocenters. The maximum absolute atomic E-state index is 16.0. The number of benzene rings is 5. The van der Waals surface area contributed by atoms with Crippen LogP contribution in [-0.4, -0.2) is 109 Å². The standard InChI is InChI=1S/C62H62ClN10O15P/c1-35(2)55(74)68-60-66-53-51(57(76)70-60)64-33-72(53)49-29-45(86-59(78)37-13-9-7-10-14-37)48(85-49)32-83-89(79,87-44-27-21-41(63)22-28-44)88-46-30-50(73-34-65-52-54(73)67-61(71-58(52)77)69-56(75)36(3)4)84-47(46)31-82-62(38-15-11-8-12-16-38,39-17-23-42(80-5)24-18-39)40-19-25-43(81-6)26-20-40/h7-28,33-36,45-50H,29-32H2,1-6H3,(H2,66,68,70,74,76)(H2,67,69,71,75,77)/t45-,46-,47+,48+,49+,50+,89?/m0/s1. The van der Waals surface area contributed by atoms with Gasteiger partial charge in [0.15, 0.2) is 22.3 Å². The molecule has 4 aromatic heterocycles. The molecule has 6 heterocycles. The van der Waals surface area contributed by atoms with Gasteiger partial charge in [-0.2, -0.15) is 9.97 Å². The summed E-state index contributed by atoms with van der Waals surface area (Å²) in [6.07, 6.45) is -4.43. The third-order valence-corrected chi connectivity index (χ3v) is 16.7. The van der Waals surface area contributed by atoms with Crippen molar-refractivity contribution in [3.8, 4) is 17.2 Å². The molecule has 7 atom stereocenters. The number of esters is 1. The Morgan fingerprint density at radius 1 is 0.640 bits per heavy atom. The van der Waals surface area contributed by atoms with Crippen LogP contribution >= 0.6 is 19.4 Å². The Balaban J connectivity index is 0.978. The number of hydrogen-bond acceptors (Lipinski definition) is 19. The topological polar surface area (TPSA) is 303 Å². The van der Waals surface area contributed by atoms with Gasteiger partial charge in [-0.15, -0.1) is 0 Å². The molecule has 89 heavy (non-hydrogen) atoms. The van der Waals surface area contributed by atoms with Crippen LogP contribution in [-0.2, 0) is 47.8 Å². The van der Waals surface area contributed by atoms with Crippen LogP contribution in [0, 0.1) is 11.8 Å². The summed E-state index contributed by atoms with van der Waals surface area (Å²) in [4.78, 5) is 89.3. The highest BCUT2D eigenvalue weighted by atomic mass is 35.5.